The monoisotopic (exact) mass is 284 g/mol. The minimum atomic E-state index is -0.193. The number of phenolic OH excluding ortho intramolecular Hbond substituents is 1. The van der Waals surface area contributed by atoms with Crippen LogP contribution in [-0.2, 0) is 0 Å². The molecule has 3 heteroatoms. The molecule has 21 heavy (non-hydrogen) atoms. The van der Waals surface area contributed by atoms with Crippen LogP contribution in [0.25, 0.3) is 0 Å². The number of aromatic hydroxyl groups is 1. The molecule has 0 spiro atoms. The molecule has 2 aromatic carbocycles. The van der Waals surface area contributed by atoms with E-state index < -0.39 is 0 Å². The summed E-state index contributed by atoms with van der Waals surface area (Å²) in [7, 11) is 0. The lowest BCUT2D eigenvalue weighted by Crippen LogP contribution is -2.11. The zero-order valence-electron chi connectivity index (χ0n) is 12.4. The standard InChI is InChI=1S/C18H20O3/c1-3-7-13(2)21-15-10-11-16(17(19)12-15)18(20)14-8-5-4-6-9-14/h4-6,8-13,19H,3,7H2,1-2H3. The summed E-state index contributed by atoms with van der Waals surface area (Å²) in [6.45, 7) is 4.09. The lowest BCUT2D eigenvalue weighted by Gasteiger charge is -2.14. The maximum absolute atomic E-state index is 12.3. The predicted octanol–water partition coefficient (Wildman–Crippen LogP) is 4.19. The van der Waals surface area contributed by atoms with E-state index in [0.717, 1.165) is 12.8 Å². The first-order chi connectivity index (χ1) is 10.1. The number of phenols is 1. The molecular formula is C18H20O3. The summed E-state index contributed by atoms with van der Waals surface area (Å²) in [5.74, 6) is 0.337. The average molecular weight is 284 g/mol. The third-order valence-electron chi connectivity index (χ3n) is 3.28. The van der Waals surface area contributed by atoms with Crippen molar-refractivity contribution >= 4 is 5.78 Å². The number of ether oxygens (including phenoxy) is 1. The van der Waals surface area contributed by atoms with Gasteiger partial charge in [-0.2, -0.15) is 0 Å². The van der Waals surface area contributed by atoms with Crippen molar-refractivity contribution in [2.45, 2.75) is 32.8 Å². The van der Waals surface area contributed by atoms with Gasteiger partial charge in [0.1, 0.15) is 11.5 Å². The van der Waals surface area contributed by atoms with Crippen molar-refractivity contribution in [2.75, 3.05) is 0 Å². The maximum Gasteiger partial charge on any atom is 0.196 e. The Morgan fingerprint density at radius 1 is 1.19 bits per heavy atom. The molecule has 0 radical (unpaired) electrons. The number of ketones is 1. The van der Waals surface area contributed by atoms with Gasteiger partial charge in [-0.3, -0.25) is 4.79 Å². The normalized spacial score (nSPS) is 11.9. The summed E-state index contributed by atoms with van der Waals surface area (Å²) in [6.07, 6.45) is 2.08. The molecule has 3 nitrogen and oxygen atoms in total. The molecule has 0 aliphatic heterocycles. The highest BCUT2D eigenvalue weighted by molar-refractivity contribution is 6.10. The number of benzene rings is 2. The fourth-order valence-corrected chi connectivity index (χ4v) is 2.22. The van der Waals surface area contributed by atoms with Gasteiger partial charge in [-0.25, -0.2) is 0 Å². The number of hydrogen-bond donors (Lipinski definition) is 1. The lowest BCUT2D eigenvalue weighted by molar-refractivity contribution is 0.103. The number of hydrogen-bond acceptors (Lipinski definition) is 3. The van der Waals surface area contributed by atoms with Gasteiger partial charge >= 0.3 is 0 Å². The van der Waals surface area contributed by atoms with Crippen LogP contribution < -0.4 is 4.74 Å². The van der Waals surface area contributed by atoms with E-state index in [9.17, 15) is 9.90 Å². The van der Waals surface area contributed by atoms with E-state index in [1.807, 2.05) is 13.0 Å². The van der Waals surface area contributed by atoms with Crippen molar-refractivity contribution in [2.24, 2.45) is 0 Å². The van der Waals surface area contributed by atoms with E-state index in [4.69, 9.17) is 4.74 Å². The second kappa shape index (κ2) is 6.93. The van der Waals surface area contributed by atoms with Crippen LogP contribution in [0.5, 0.6) is 11.5 Å². The molecule has 0 saturated heterocycles. The van der Waals surface area contributed by atoms with Crippen LogP contribution in [0.2, 0.25) is 0 Å². The van der Waals surface area contributed by atoms with Crippen molar-refractivity contribution in [1.29, 1.82) is 0 Å². The number of carbonyl (C=O) groups excluding carboxylic acids is 1. The molecule has 0 aliphatic carbocycles. The van der Waals surface area contributed by atoms with E-state index in [1.54, 1.807) is 36.4 Å². The molecule has 0 bridgehead atoms. The predicted molar refractivity (Wildman–Crippen MR) is 83.0 cm³/mol. The van der Waals surface area contributed by atoms with Gasteiger partial charge in [0.15, 0.2) is 5.78 Å². The average Bonchev–Trinajstić information content (AvgIpc) is 2.48. The van der Waals surface area contributed by atoms with Gasteiger partial charge in [0.2, 0.25) is 0 Å². The zero-order valence-corrected chi connectivity index (χ0v) is 12.4. The van der Waals surface area contributed by atoms with E-state index in [0.29, 0.717) is 11.3 Å². The van der Waals surface area contributed by atoms with Crippen molar-refractivity contribution in [3.8, 4) is 11.5 Å². The molecule has 0 heterocycles. The third-order valence-corrected chi connectivity index (χ3v) is 3.28. The molecule has 0 fully saturated rings. The van der Waals surface area contributed by atoms with Gasteiger partial charge in [0.05, 0.1) is 11.7 Å². The van der Waals surface area contributed by atoms with Crippen LogP contribution in [0.4, 0.5) is 0 Å². The van der Waals surface area contributed by atoms with Crippen LogP contribution in [0.3, 0.4) is 0 Å². The summed E-state index contributed by atoms with van der Waals surface area (Å²) in [5, 5.41) is 10.1. The molecule has 1 atom stereocenters. The molecule has 0 aliphatic rings. The van der Waals surface area contributed by atoms with Crippen LogP contribution in [0, 0.1) is 0 Å². The fraction of sp³-hybridized carbons (Fsp3) is 0.278. The van der Waals surface area contributed by atoms with Crippen molar-refractivity contribution in [3.05, 3.63) is 59.7 Å². The summed E-state index contributed by atoms with van der Waals surface area (Å²) in [5.41, 5.74) is 0.845. The molecule has 1 N–H and O–H groups in total. The van der Waals surface area contributed by atoms with E-state index >= 15 is 0 Å². The first-order valence-corrected chi connectivity index (χ1v) is 7.21. The van der Waals surface area contributed by atoms with Gasteiger partial charge in [0, 0.05) is 11.6 Å². The van der Waals surface area contributed by atoms with Crippen LogP contribution in [0.1, 0.15) is 42.6 Å². The number of carbonyl (C=O) groups is 1. The molecular weight excluding hydrogens is 264 g/mol. The Morgan fingerprint density at radius 3 is 2.52 bits per heavy atom. The number of rotatable bonds is 6. The van der Waals surface area contributed by atoms with Gasteiger partial charge < -0.3 is 9.84 Å². The quantitative estimate of drug-likeness (QED) is 0.809. The Kier molecular flexibility index (Phi) is 4.99. The van der Waals surface area contributed by atoms with Crippen molar-refractivity contribution in [3.63, 3.8) is 0 Å². The van der Waals surface area contributed by atoms with Crippen LogP contribution in [-0.4, -0.2) is 17.0 Å². The first-order valence-electron chi connectivity index (χ1n) is 7.21. The third kappa shape index (κ3) is 3.85. The highest BCUT2D eigenvalue weighted by atomic mass is 16.5. The molecule has 2 aromatic rings. The van der Waals surface area contributed by atoms with Crippen molar-refractivity contribution < 1.29 is 14.6 Å². The molecule has 110 valence electrons. The smallest absolute Gasteiger partial charge is 0.196 e. The SMILES string of the molecule is CCCC(C)Oc1ccc(C(=O)c2ccccc2)c(O)c1. The minimum absolute atomic E-state index is 0.0509. The van der Waals surface area contributed by atoms with E-state index in [2.05, 4.69) is 6.92 Å². The molecule has 1 unspecified atom stereocenters. The Morgan fingerprint density at radius 2 is 1.90 bits per heavy atom. The highest BCUT2D eigenvalue weighted by Gasteiger charge is 2.14. The molecule has 0 aromatic heterocycles. The summed E-state index contributed by atoms with van der Waals surface area (Å²) in [6, 6.07) is 13.7. The lowest BCUT2D eigenvalue weighted by atomic mass is 10.0. The van der Waals surface area contributed by atoms with Crippen molar-refractivity contribution in [1.82, 2.24) is 0 Å². The fourth-order valence-electron chi connectivity index (χ4n) is 2.22. The minimum Gasteiger partial charge on any atom is -0.507 e. The molecule has 2 rings (SSSR count). The maximum atomic E-state index is 12.3. The summed E-state index contributed by atoms with van der Waals surface area (Å²) in [4.78, 5) is 12.3. The molecule has 0 amide bonds. The first kappa shape index (κ1) is 15.1. The second-order valence-electron chi connectivity index (χ2n) is 5.09. The topological polar surface area (TPSA) is 46.5 Å². The van der Waals surface area contributed by atoms with Gasteiger partial charge in [-0.15, -0.1) is 0 Å². The second-order valence-corrected chi connectivity index (χ2v) is 5.09. The highest BCUT2D eigenvalue weighted by Crippen LogP contribution is 2.26. The Bertz CT molecular complexity index is 605. The zero-order chi connectivity index (χ0) is 15.2. The summed E-state index contributed by atoms with van der Waals surface area (Å²) >= 11 is 0. The van der Waals surface area contributed by atoms with E-state index in [1.165, 1.54) is 6.07 Å². The van der Waals surface area contributed by atoms with Crippen LogP contribution >= 0.6 is 0 Å². The van der Waals surface area contributed by atoms with Gasteiger partial charge in [0.25, 0.3) is 0 Å². The largest absolute Gasteiger partial charge is 0.507 e. The summed E-state index contributed by atoms with van der Waals surface area (Å²) < 4.78 is 5.70. The Balaban J connectivity index is 2.18. The van der Waals surface area contributed by atoms with Gasteiger partial charge in [-0.05, 0) is 25.5 Å². The Labute approximate surface area is 125 Å². The molecule has 0 saturated carbocycles. The Hall–Kier alpha value is -2.29. The van der Waals surface area contributed by atoms with Gasteiger partial charge in [-0.1, -0.05) is 43.7 Å². The van der Waals surface area contributed by atoms with E-state index in [-0.39, 0.29) is 23.2 Å². The van der Waals surface area contributed by atoms with Crippen LogP contribution in [0.15, 0.2) is 48.5 Å².